The molecule has 150 valence electrons. The fourth-order valence-electron chi connectivity index (χ4n) is 3.20. The van der Waals surface area contributed by atoms with E-state index in [9.17, 15) is 0 Å². The van der Waals surface area contributed by atoms with E-state index in [4.69, 9.17) is 14.8 Å². The molecule has 31 heavy (non-hydrogen) atoms. The van der Waals surface area contributed by atoms with Gasteiger partial charge in [-0.1, -0.05) is 48.5 Å². The highest BCUT2D eigenvalue weighted by molar-refractivity contribution is 7.13. The van der Waals surface area contributed by atoms with Crippen molar-refractivity contribution in [3.63, 3.8) is 0 Å². The summed E-state index contributed by atoms with van der Waals surface area (Å²) in [6.07, 6.45) is 3.88. The highest BCUT2D eigenvalue weighted by Gasteiger charge is 2.12. The van der Waals surface area contributed by atoms with Crippen molar-refractivity contribution in [2.24, 2.45) is 4.99 Å². The summed E-state index contributed by atoms with van der Waals surface area (Å²) in [4.78, 5) is 5.81. The Morgan fingerprint density at radius 2 is 1.58 bits per heavy atom. The third-order valence-electron chi connectivity index (χ3n) is 4.67. The van der Waals surface area contributed by atoms with Gasteiger partial charge in [0.15, 0.2) is 0 Å². The number of aliphatic imine (C=N–C) groups is 1. The van der Waals surface area contributed by atoms with Gasteiger partial charge in [0, 0.05) is 24.0 Å². The molecule has 0 N–H and O–H groups in total. The van der Waals surface area contributed by atoms with Crippen LogP contribution in [0.1, 0.15) is 5.56 Å². The van der Waals surface area contributed by atoms with E-state index in [2.05, 4.69) is 11.4 Å². The van der Waals surface area contributed by atoms with Crippen LogP contribution in [0.5, 0.6) is 11.5 Å². The van der Waals surface area contributed by atoms with Crippen molar-refractivity contribution in [1.82, 2.24) is 9.78 Å². The predicted molar refractivity (Wildman–Crippen MR) is 127 cm³/mol. The molecule has 0 unspecified atom stereocenters. The third-order valence-corrected chi connectivity index (χ3v) is 5.54. The van der Waals surface area contributed by atoms with Gasteiger partial charge < -0.3 is 4.74 Å². The molecule has 5 aromatic rings. The smallest absolute Gasteiger partial charge is 0.129 e. The van der Waals surface area contributed by atoms with Crippen LogP contribution in [0.2, 0.25) is 0 Å². The van der Waals surface area contributed by atoms with E-state index in [-0.39, 0.29) is 0 Å². The van der Waals surface area contributed by atoms with Crippen LogP contribution in [0, 0.1) is 0 Å². The van der Waals surface area contributed by atoms with Crippen LogP contribution in [0.3, 0.4) is 0 Å². The number of rotatable bonds is 6. The first-order chi connectivity index (χ1) is 15.3. The van der Waals surface area contributed by atoms with Crippen molar-refractivity contribution in [2.45, 2.75) is 0 Å². The molecule has 0 bridgehead atoms. The molecule has 2 aromatic heterocycles. The summed E-state index contributed by atoms with van der Waals surface area (Å²) in [7, 11) is 0. The molecule has 2 heterocycles. The van der Waals surface area contributed by atoms with Crippen LogP contribution in [-0.2, 0) is 0 Å². The molecule has 0 saturated carbocycles. The Kier molecular flexibility index (Phi) is 5.41. The fourth-order valence-corrected chi connectivity index (χ4v) is 3.93. The number of ether oxygens (including phenoxy) is 1. The molecule has 0 aliphatic rings. The van der Waals surface area contributed by atoms with Gasteiger partial charge in [-0.3, -0.25) is 4.99 Å². The standard InChI is InChI=1S/C26H19N3OS/c1-3-10-22(11-4-1)29-19-20(26(28-29)25-15-8-16-31-25)18-27-21-9-7-14-24(17-21)30-23-12-5-2-6-13-23/h1-19H. The molecule has 0 saturated heterocycles. The van der Waals surface area contributed by atoms with Gasteiger partial charge in [-0.2, -0.15) is 5.10 Å². The Morgan fingerprint density at radius 3 is 2.35 bits per heavy atom. The van der Waals surface area contributed by atoms with Gasteiger partial charge in [0.05, 0.1) is 16.3 Å². The summed E-state index contributed by atoms with van der Waals surface area (Å²) in [5.41, 5.74) is 3.70. The maximum atomic E-state index is 5.93. The third kappa shape index (κ3) is 4.47. The lowest BCUT2D eigenvalue weighted by Gasteiger charge is -2.05. The second-order valence-corrected chi connectivity index (χ2v) is 7.81. The normalized spacial score (nSPS) is 11.1. The molecular formula is C26H19N3OS. The van der Waals surface area contributed by atoms with Crippen molar-refractivity contribution >= 4 is 23.2 Å². The SMILES string of the molecule is C(=Nc1cccc(Oc2ccccc2)c1)c1cn(-c2ccccc2)nc1-c1cccs1. The summed E-state index contributed by atoms with van der Waals surface area (Å²) < 4.78 is 7.82. The Hall–Kier alpha value is -3.96. The quantitative estimate of drug-likeness (QED) is 0.273. The first-order valence-electron chi connectivity index (χ1n) is 9.91. The lowest BCUT2D eigenvalue weighted by Crippen LogP contribution is -1.93. The van der Waals surface area contributed by atoms with Crippen molar-refractivity contribution in [1.29, 1.82) is 0 Å². The van der Waals surface area contributed by atoms with Crippen LogP contribution >= 0.6 is 11.3 Å². The first kappa shape index (κ1) is 19.0. The van der Waals surface area contributed by atoms with E-state index < -0.39 is 0 Å². The molecular weight excluding hydrogens is 402 g/mol. The number of thiophene rings is 1. The lowest BCUT2D eigenvalue weighted by atomic mass is 10.2. The summed E-state index contributed by atoms with van der Waals surface area (Å²) in [6.45, 7) is 0. The molecule has 0 atom stereocenters. The Labute approximate surface area is 184 Å². The number of nitrogens with zero attached hydrogens (tertiary/aromatic N) is 3. The second-order valence-electron chi connectivity index (χ2n) is 6.86. The van der Waals surface area contributed by atoms with Gasteiger partial charge in [-0.05, 0) is 47.8 Å². The van der Waals surface area contributed by atoms with Crippen molar-refractivity contribution < 1.29 is 4.74 Å². The van der Waals surface area contributed by atoms with E-state index in [0.717, 1.165) is 39.0 Å². The van der Waals surface area contributed by atoms with Crippen molar-refractivity contribution in [3.05, 3.63) is 114 Å². The number of benzene rings is 3. The molecule has 0 amide bonds. The lowest BCUT2D eigenvalue weighted by molar-refractivity contribution is 0.483. The van der Waals surface area contributed by atoms with Gasteiger partial charge >= 0.3 is 0 Å². The fraction of sp³-hybridized carbons (Fsp3) is 0. The number of hydrogen-bond acceptors (Lipinski definition) is 4. The van der Waals surface area contributed by atoms with Gasteiger partial charge in [0.2, 0.25) is 0 Å². The van der Waals surface area contributed by atoms with E-state index in [1.165, 1.54) is 0 Å². The van der Waals surface area contributed by atoms with Crippen molar-refractivity contribution in [3.8, 4) is 27.8 Å². The average Bonchev–Trinajstić information content (AvgIpc) is 3.49. The van der Waals surface area contributed by atoms with Crippen LogP contribution in [0.25, 0.3) is 16.3 Å². The molecule has 0 fully saturated rings. The highest BCUT2D eigenvalue weighted by Crippen LogP contribution is 2.28. The van der Waals surface area contributed by atoms with E-state index in [1.807, 2.05) is 108 Å². The number of hydrogen-bond donors (Lipinski definition) is 0. The molecule has 0 radical (unpaired) electrons. The molecule has 5 rings (SSSR count). The minimum atomic E-state index is 0.749. The molecule has 3 aromatic carbocycles. The van der Waals surface area contributed by atoms with Crippen LogP contribution in [-0.4, -0.2) is 16.0 Å². The minimum absolute atomic E-state index is 0.749. The van der Waals surface area contributed by atoms with E-state index in [1.54, 1.807) is 11.3 Å². The maximum absolute atomic E-state index is 5.93. The summed E-state index contributed by atoms with van der Waals surface area (Å²) in [5.74, 6) is 1.55. The van der Waals surface area contributed by atoms with Crippen LogP contribution < -0.4 is 4.74 Å². The Balaban J connectivity index is 1.45. The topological polar surface area (TPSA) is 39.4 Å². The monoisotopic (exact) mass is 421 g/mol. The Morgan fingerprint density at radius 1 is 0.806 bits per heavy atom. The average molecular weight is 422 g/mol. The van der Waals surface area contributed by atoms with Crippen molar-refractivity contribution in [2.75, 3.05) is 0 Å². The zero-order chi connectivity index (χ0) is 20.9. The molecule has 0 aliphatic heterocycles. The van der Waals surface area contributed by atoms with E-state index in [0.29, 0.717) is 0 Å². The van der Waals surface area contributed by atoms with Gasteiger partial charge in [0.1, 0.15) is 17.2 Å². The Bertz CT molecular complexity index is 1290. The summed E-state index contributed by atoms with van der Waals surface area (Å²) in [5, 5.41) is 6.88. The summed E-state index contributed by atoms with van der Waals surface area (Å²) >= 11 is 1.67. The highest BCUT2D eigenvalue weighted by atomic mass is 32.1. The summed E-state index contributed by atoms with van der Waals surface area (Å²) in [6, 6.07) is 31.7. The second kappa shape index (κ2) is 8.81. The predicted octanol–water partition coefficient (Wildman–Crippen LogP) is 7.14. The van der Waals surface area contributed by atoms with Crippen LogP contribution in [0.15, 0.2) is 114 Å². The minimum Gasteiger partial charge on any atom is -0.457 e. The van der Waals surface area contributed by atoms with Gasteiger partial charge in [-0.25, -0.2) is 4.68 Å². The number of aromatic nitrogens is 2. The zero-order valence-corrected chi connectivity index (χ0v) is 17.4. The molecule has 0 aliphatic carbocycles. The first-order valence-corrected chi connectivity index (χ1v) is 10.8. The zero-order valence-electron chi connectivity index (χ0n) is 16.6. The largest absolute Gasteiger partial charge is 0.457 e. The molecule has 5 heteroatoms. The number of para-hydroxylation sites is 2. The molecule has 4 nitrogen and oxygen atoms in total. The maximum Gasteiger partial charge on any atom is 0.129 e. The van der Waals surface area contributed by atoms with E-state index >= 15 is 0 Å². The van der Waals surface area contributed by atoms with Crippen LogP contribution in [0.4, 0.5) is 5.69 Å². The van der Waals surface area contributed by atoms with Gasteiger partial charge in [0.25, 0.3) is 0 Å². The molecule has 0 spiro atoms. The van der Waals surface area contributed by atoms with Gasteiger partial charge in [-0.15, -0.1) is 11.3 Å².